The van der Waals surface area contributed by atoms with Gasteiger partial charge in [-0.3, -0.25) is 9.58 Å². The van der Waals surface area contributed by atoms with Gasteiger partial charge in [0.1, 0.15) is 0 Å². The summed E-state index contributed by atoms with van der Waals surface area (Å²) in [6.45, 7) is 12.8. The lowest BCUT2D eigenvalue weighted by Gasteiger charge is -2.42. The fraction of sp³-hybridized carbons (Fsp3) is 0.846. The van der Waals surface area contributed by atoms with Gasteiger partial charge >= 0.3 is 0 Å². The van der Waals surface area contributed by atoms with Gasteiger partial charge in [0.05, 0.1) is 25.5 Å². The molecule has 1 aliphatic heterocycles. The molecule has 0 aromatic carbocycles. The number of aromatic nitrogens is 3. The third kappa shape index (κ3) is 3.99. The van der Waals surface area contributed by atoms with E-state index in [1.807, 2.05) is 10.9 Å². The Morgan fingerprint density at radius 3 is 3.00 bits per heavy atom. The van der Waals surface area contributed by atoms with E-state index in [2.05, 4.69) is 41.3 Å². The number of hydrogen-bond donors (Lipinski definition) is 1. The van der Waals surface area contributed by atoms with Crippen LogP contribution in [0.4, 0.5) is 0 Å². The number of nitrogens with one attached hydrogen (secondary N) is 1. The minimum absolute atomic E-state index is 0.116. The Morgan fingerprint density at radius 1 is 1.42 bits per heavy atom. The van der Waals surface area contributed by atoms with Crippen molar-refractivity contribution in [2.75, 3.05) is 32.8 Å². The molecule has 1 N–H and O–H groups in total. The fourth-order valence-corrected chi connectivity index (χ4v) is 2.31. The first-order chi connectivity index (χ1) is 9.12. The largest absolute Gasteiger partial charge is 0.378 e. The first-order valence-corrected chi connectivity index (χ1v) is 7.04. The minimum Gasteiger partial charge on any atom is -0.378 e. The summed E-state index contributed by atoms with van der Waals surface area (Å²) in [7, 11) is 0. The zero-order valence-corrected chi connectivity index (χ0v) is 12.2. The molecule has 1 aromatic rings. The smallest absolute Gasteiger partial charge is 0.0964 e. The molecule has 108 valence electrons. The van der Waals surface area contributed by atoms with Crippen LogP contribution in [0.3, 0.4) is 0 Å². The molecule has 0 aliphatic carbocycles. The molecule has 0 bridgehead atoms. The lowest BCUT2D eigenvalue weighted by Crippen LogP contribution is -2.53. The first kappa shape index (κ1) is 14.4. The molecule has 2 rings (SSSR count). The van der Waals surface area contributed by atoms with Gasteiger partial charge in [0, 0.05) is 31.4 Å². The van der Waals surface area contributed by atoms with Crippen LogP contribution in [0.1, 0.15) is 26.5 Å². The summed E-state index contributed by atoms with van der Waals surface area (Å²) in [6, 6.07) is 0. The summed E-state index contributed by atoms with van der Waals surface area (Å²) in [5, 5.41) is 11.6. The third-order valence-electron chi connectivity index (χ3n) is 3.56. The standard InChI is InChI=1S/C13H25N5O/c1-4-14-9-12-10-18(16-15-12)6-5-17-7-8-19-11-13(17,2)3/h10,14H,4-9,11H2,1-3H3. The Balaban J connectivity index is 1.82. The molecule has 0 spiro atoms. The highest BCUT2D eigenvalue weighted by Crippen LogP contribution is 2.18. The van der Waals surface area contributed by atoms with E-state index in [-0.39, 0.29) is 5.54 Å². The number of rotatable bonds is 6. The predicted octanol–water partition coefficient (Wildman–Crippen LogP) is 0.498. The molecule has 1 aliphatic rings. The Morgan fingerprint density at radius 2 is 2.26 bits per heavy atom. The van der Waals surface area contributed by atoms with Crippen LogP contribution in [0.25, 0.3) is 0 Å². The predicted molar refractivity (Wildman–Crippen MR) is 73.9 cm³/mol. The second-order valence-corrected chi connectivity index (χ2v) is 5.61. The Hall–Kier alpha value is -0.980. The molecule has 1 aromatic heterocycles. The van der Waals surface area contributed by atoms with Crippen molar-refractivity contribution in [3.8, 4) is 0 Å². The van der Waals surface area contributed by atoms with E-state index in [1.54, 1.807) is 0 Å². The number of nitrogens with zero attached hydrogens (tertiary/aromatic N) is 4. The second kappa shape index (κ2) is 6.45. The molecular formula is C13H25N5O. The summed E-state index contributed by atoms with van der Waals surface area (Å²) < 4.78 is 7.46. The molecule has 2 heterocycles. The van der Waals surface area contributed by atoms with Crippen LogP contribution in [0.2, 0.25) is 0 Å². The number of ether oxygens (including phenoxy) is 1. The molecule has 19 heavy (non-hydrogen) atoms. The molecule has 6 heteroatoms. The molecule has 0 radical (unpaired) electrons. The van der Waals surface area contributed by atoms with Crippen LogP contribution < -0.4 is 5.32 Å². The Bertz CT molecular complexity index is 390. The maximum Gasteiger partial charge on any atom is 0.0964 e. The van der Waals surface area contributed by atoms with Crippen molar-refractivity contribution in [3.05, 3.63) is 11.9 Å². The molecule has 0 amide bonds. The van der Waals surface area contributed by atoms with Crippen molar-refractivity contribution < 1.29 is 4.74 Å². The zero-order chi connectivity index (χ0) is 13.7. The third-order valence-corrected chi connectivity index (χ3v) is 3.56. The molecule has 0 atom stereocenters. The average molecular weight is 267 g/mol. The van der Waals surface area contributed by atoms with Crippen molar-refractivity contribution in [1.29, 1.82) is 0 Å². The lowest BCUT2D eigenvalue weighted by molar-refractivity contribution is -0.0524. The van der Waals surface area contributed by atoms with Crippen LogP contribution in [0, 0.1) is 0 Å². The summed E-state index contributed by atoms with van der Waals surface area (Å²) in [4.78, 5) is 2.46. The van der Waals surface area contributed by atoms with Crippen LogP contribution in [0.15, 0.2) is 6.20 Å². The van der Waals surface area contributed by atoms with Gasteiger partial charge in [-0.1, -0.05) is 12.1 Å². The van der Waals surface area contributed by atoms with Crippen molar-refractivity contribution >= 4 is 0 Å². The van der Waals surface area contributed by atoms with Crippen molar-refractivity contribution in [2.24, 2.45) is 0 Å². The van der Waals surface area contributed by atoms with Gasteiger partial charge in [-0.15, -0.1) is 5.10 Å². The first-order valence-electron chi connectivity index (χ1n) is 7.04. The lowest BCUT2D eigenvalue weighted by atomic mass is 10.0. The van der Waals surface area contributed by atoms with E-state index >= 15 is 0 Å². The van der Waals surface area contributed by atoms with Gasteiger partial charge in [0.25, 0.3) is 0 Å². The summed E-state index contributed by atoms with van der Waals surface area (Å²) in [5.41, 5.74) is 1.12. The maximum absolute atomic E-state index is 5.53. The summed E-state index contributed by atoms with van der Waals surface area (Å²) >= 11 is 0. The fourth-order valence-electron chi connectivity index (χ4n) is 2.31. The highest BCUT2D eigenvalue weighted by Gasteiger charge is 2.29. The Kier molecular flexibility index (Phi) is 4.90. The van der Waals surface area contributed by atoms with Gasteiger partial charge in [-0.05, 0) is 20.4 Å². The molecule has 0 unspecified atom stereocenters. The molecule has 1 fully saturated rings. The van der Waals surface area contributed by atoms with Gasteiger partial charge in [0.2, 0.25) is 0 Å². The summed E-state index contributed by atoms with van der Waals surface area (Å²) in [6.07, 6.45) is 2.02. The van der Waals surface area contributed by atoms with E-state index in [0.717, 1.165) is 51.6 Å². The van der Waals surface area contributed by atoms with Crippen molar-refractivity contribution in [3.63, 3.8) is 0 Å². The van der Waals surface area contributed by atoms with E-state index in [0.29, 0.717) is 0 Å². The average Bonchev–Trinajstić information content (AvgIpc) is 2.82. The SMILES string of the molecule is CCNCc1cn(CCN2CCOCC2(C)C)nn1. The molecule has 1 saturated heterocycles. The zero-order valence-electron chi connectivity index (χ0n) is 12.2. The Labute approximate surface area is 115 Å². The van der Waals surface area contributed by atoms with E-state index in [1.165, 1.54) is 0 Å². The monoisotopic (exact) mass is 267 g/mol. The maximum atomic E-state index is 5.53. The van der Waals surface area contributed by atoms with E-state index in [4.69, 9.17) is 4.74 Å². The topological polar surface area (TPSA) is 55.2 Å². The van der Waals surface area contributed by atoms with Crippen molar-refractivity contribution in [2.45, 2.75) is 39.4 Å². The highest BCUT2D eigenvalue weighted by molar-refractivity contribution is 4.92. The number of morpholine rings is 1. The molecule has 0 saturated carbocycles. The van der Waals surface area contributed by atoms with Gasteiger partial charge < -0.3 is 10.1 Å². The minimum atomic E-state index is 0.116. The second-order valence-electron chi connectivity index (χ2n) is 5.61. The summed E-state index contributed by atoms with van der Waals surface area (Å²) in [5.74, 6) is 0. The molecule has 6 nitrogen and oxygen atoms in total. The van der Waals surface area contributed by atoms with Gasteiger partial charge in [-0.2, -0.15) is 0 Å². The quantitative estimate of drug-likeness (QED) is 0.813. The normalized spacial score (nSPS) is 19.7. The number of hydrogen-bond acceptors (Lipinski definition) is 5. The van der Waals surface area contributed by atoms with E-state index in [9.17, 15) is 0 Å². The highest BCUT2D eigenvalue weighted by atomic mass is 16.5. The van der Waals surface area contributed by atoms with Crippen LogP contribution >= 0.6 is 0 Å². The van der Waals surface area contributed by atoms with Crippen LogP contribution in [-0.4, -0.2) is 58.3 Å². The molecular weight excluding hydrogens is 242 g/mol. The van der Waals surface area contributed by atoms with Gasteiger partial charge in [0.15, 0.2) is 0 Å². The van der Waals surface area contributed by atoms with Crippen LogP contribution in [-0.2, 0) is 17.8 Å². The van der Waals surface area contributed by atoms with Gasteiger partial charge in [-0.25, -0.2) is 0 Å². The van der Waals surface area contributed by atoms with Crippen molar-refractivity contribution in [1.82, 2.24) is 25.2 Å². The van der Waals surface area contributed by atoms with Crippen LogP contribution in [0.5, 0.6) is 0 Å². The van der Waals surface area contributed by atoms with E-state index < -0.39 is 0 Å².